The maximum absolute atomic E-state index is 12.1. The minimum Gasteiger partial charge on any atom is -0.478 e. The molecule has 0 saturated heterocycles. The lowest BCUT2D eigenvalue weighted by Gasteiger charge is -2.08. The van der Waals surface area contributed by atoms with Crippen molar-refractivity contribution in [3.05, 3.63) is 54.5 Å². The monoisotopic (exact) mass is 766 g/mol. The minimum absolute atomic E-state index is 0.00620. The molecule has 0 aliphatic carbocycles. The van der Waals surface area contributed by atoms with Gasteiger partial charge in [0.2, 0.25) is 11.6 Å². The Labute approximate surface area is 252 Å². The molecule has 4 heterocycles. The number of anilines is 2. The summed E-state index contributed by atoms with van der Waals surface area (Å²) in [5.41, 5.74) is 0. The van der Waals surface area contributed by atoms with Crippen LogP contribution in [0.4, 0.5) is 11.6 Å². The van der Waals surface area contributed by atoms with E-state index >= 15 is 0 Å². The molecule has 12 nitrogen and oxygen atoms in total. The summed E-state index contributed by atoms with van der Waals surface area (Å²) in [5, 5.41) is 0.171. The van der Waals surface area contributed by atoms with Crippen LogP contribution in [-0.2, 0) is 20.0 Å². The number of methoxy groups -OCH3 is 2. The molecule has 0 radical (unpaired) electrons. The molecule has 0 aliphatic rings. The number of ether oxygens (including phenoxy) is 2. The molecule has 38 heavy (non-hydrogen) atoms. The van der Waals surface area contributed by atoms with Crippen molar-refractivity contribution in [3.63, 3.8) is 0 Å². The van der Waals surface area contributed by atoms with E-state index in [4.69, 9.17) is 32.7 Å². The zero-order chi connectivity index (χ0) is 28.1. The normalized spacial score (nSPS) is 11.3. The van der Waals surface area contributed by atoms with Crippen molar-refractivity contribution in [2.75, 3.05) is 23.7 Å². The van der Waals surface area contributed by atoms with E-state index in [1.807, 2.05) is 0 Å². The quantitative estimate of drug-likeness (QED) is 0.233. The van der Waals surface area contributed by atoms with E-state index in [9.17, 15) is 16.8 Å². The van der Waals surface area contributed by atoms with E-state index in [1.165, 1.54) is 38.7 Å². The summed E-state index contributed by atoms with van der Waals surface area (Å²) in [6, 6.07) is 6.23. The number of rotatable bonds is 8. The summed E-state index contributed by atoms with van der Waals surface area (Å²) in [5.74, 6) is -0.0220. The highest BCUT2D eigenvalue weighted by Crippen LogP contribution is 2.30. The van der Waals surface area contributed by atoms with E-state index in [0.29, 0.717) is 7.57 Å². The van der Waals surface area contributed by atoms with E-state index < -0.39 is 20.0 Å². The van der Waals surface area contributed by atoms with Gasteiger partial charge in [0.1, 0.15) is 13.6 Å². The fourth-order valence-electron chi connectivity index (χ4n) is 2.38. The van der Waals surface area contributed by atoms with Gasteiger partial charge in [0.15, 0.2) is 5.15 Å². The topological polar surface area (TPSA) is 162 Å². The largest absolute Gasteiger partial charge is 0.478 e. The van der Waals surface area contributed by atoms with Gasteiger partial charge in [0, 0.05) is 0 Å². The van der Waals surface area contributed by atoms with Crippen LogP contribution in [0.1, 0.15) is 0 Å². The van der Waals surface area contributed by atoms with Crippen LogP contribution in [0.3, 0.4) is 0 Å². The summed E-state index contributed by atoms with van der Waals surface area (Å²) in [7, 11) is -4.76. The highest BCUT2D eigenvalue weighted by molar-refractivity contribution is 9.11. The maximum Gasteiger partial charge on any atom is 0.272 e. The van der Waals surface area contributed by atoms with Crippen molar-refractivity contribution in [2.24, 2.45) is 0 Å². The van der Waals surface area contributed by atoms with Crippen LogP contribution in [0.2, 0.25) is 10.3 Å². The van der Waals surface area contributed by atoms with Gasteiger partial charge in [-0.15, -0.1) is 22.7 Å². The van der Waals surface area contributed by atoms with Gasteiger partial charge in [0.05, 0.1) is 34.2 Å². The predicted octanol–water partition coefficient (Wildman–Crippen LogP) is 5.53. The van der Waals surface area contributed by atoms with E-state index in [1.54, 1.807) is 12.1 Å². The summed E-state index contributed by atoms with van der Waals surface area (Å²) >= 11 is 19.9. The molecule has 0 atom stereocenters. The average Bonchev–Trinajstić information content (AvgIpc) is 3.50. The molecule has 0 unspecified atom stereocenters. The van der Waals surface area contributed by atoms with Crippen molar-refractivity contribution < 1.29 is 26.3 Å². The maximum atomic E-state index is 12.1. The molecule has 0 amide bonds. The summed E-state index contributed by atoms with van der Waals surface area (Å²) in [6.07, 6.45) is 2.49. The second-order valence-corrected chi connectivity index (χ2v) is 15.9. The van der Waals surface area contributed by atoms with E-state index in [0.717, 1.165) is 22.7 Å². The lowest BCUT2D eigenvalue weighted by molar-refractivity contribution is 0.398. The Bertz CT molecular complexity index is 1650. The lowest BCUT2D eigenvalue weighted by Crippen LogP contribution is -2.14. The van der Waals surface area contributed by atoms with Crippen molar-refractivity contribution in [1.29, 1.82) is 0 Å². The molecule has 204 valence electrons. The van der Waals surface area contributed by atoms with Crippen LogP contribution < -0.4 is 18.9 Å². The van der Waals surface area contributed by atoms with Gasteiger partial charge in [-0.25, -0.2) is 31.8 Å². The highest BCUT2D eigenvalue weighted by Gasteiger charge is 2.21. The zero-order valence-electron chi connectivity index (χ0n) is 18.8. The predicted molar refractivity (Wildman–Crippen MR) is 153 cm³/mol. The van der Waals surface area contributed by atoms with Gasteiger partial charge in [-0.2, -0.15) is 4.98 Å². The smallest absolute Gasteiger partial charge is 0.272 e. The van der Waals surface area contributed by atoms with Crippen molar-refractivity contribution in [3.8, 4) is 11.8 Å². The second-order valence-electron chi connectivity index (χ2n) is 6.43. The Morgan fingerprint density at radius 1 is 0.737 bits per heavy atom. The Morgan fingerprint density at radius 2 is 1.21 bits per heavy atom. The molecular weight excluding hydrogens is 755 g/mol. The van der Waals surface area contributed by atoms with E-state index in [-0.39, 0.29) is 42.1 Å². The van der Waals surface area contributed by atoms with Crippen LogP contribution in [-0.4, -0.2) is 51.0 Å². The summed E-state index contributed by atoms with van der Waals surface area (Å²) in [6.45, 7) is 0. The molecule has 4 rings (SSSR count). The van der Waals surface area contributed by atoms with Gasteiger partial charge in [-0.1, -0.05) is 23.2 Å². The van der Waals surface area contributed by atoms with Crippen LogP contribution in [0.25, 0.3) is 0 Å². The first kappa shape index (κ1) is 30.7. The van der Waals surface area contributed by atoms with Crippen LogP contribution >= 0.6 is 77.7 Å². The highest BCUT2D eigenvalue weighted by atomic mass is 79.9. The first-order chi connectivity index (χ1) is 17.8. The van der Waals surface area contributed by atoms with Gasteiger partial charge in [-0.05, 0) is 56.1 Å². The lowest BCUT2D eigenvalue weighted by atomic mass is 10.6. The minimum atomic E-state index is -3.74. The average molecular weight is 769 g/mol. The van der Waals surface area contributed by atoms with Crippen molar-refractivity contribution >= 4 is 109 Å². The third-order valence-electron chi connectivity index (χ3n) is 3.90. The van der Waals surface area contributed by atoms with Crippen molar-refractivity contribution in [2.45, 2.75) is 8.42 Å². The number of hydrogen-bond donors (Lipinski definition) is 2. The summed E-state index contributed by atoms with van der Waals surface area (Å²) < 4.78 is 64.5. The standard InChI is InChI=1S/2C9H7BrClN3O3S2/c1-17-9-8(13-6(11)4-12-9)14-19(15,16)7-3-2-5(10)18-7;1-17-9-8(12-4-6(11)13-9)14-19(15,16)7-3-2-5(10)18-7/h2-4H,1H3,(H,13,14);2-4H,1H3,(H,12,14). The number of hydrogen-bond acceptors (Lipinski definition) is 12. The molecule has 0 aliphatic heterocycles. The first-order valence-corrected chi connectivity index (χ1v) is 16.5. The fraction of sp³-hybridized carbons (Fsp3) is 0.111. The number of sulfonamides is 2. The van der Waals surface area contributed by atoms with Crippen molar-refractivity contribution in [1.82, 2.24) is 19.9 Å². The number of thiophene rings is 2. The molecule has 2 N–H and O–H groups in total. The van der Waals surface area contributed by atoms with Gasteiger partial charge in [0.25, 0.3) is 31.8 Å². The number of aromatic nitrogens is 4. The molecule has 0 bridgehead atoms. The van der Waals surface area contributed by atoms with Crippen LogP contribution in [0.15, 0.2) is 52.7 Å². The van der Waals surface area contributed by atoms with Gasteiger partial charge < -0.3 is 9.47 Å². The molecule has 0 spiro atoms. The molecule has 4 aromatic heterocycles. The Kier molecular flexibility index (Phi) is 10.5. The zero-order valence-corrected chi connectivity index (χ0v) is 26.8. The molecule has 0 saturated carbocycles. The molecule has 4 aromatic rings. The SMILES string of the molecule is COc1nc(Cl)cnc1NS(=O)(=O)c1ccc(Br)s1.COc1ncc(Cl)nc1NS(=O)(=O)c1ccc(Br)s1. The Hall–Kier alpha value is -1.80. The van der Waals surface area contributed by atoms with Gasteiger partial charge in [-0.3, -0.25) is 9.44 Å². The third kappa shape index (κ3) is 8.10. The molecule has 0 aromatic carbocycles. The number of nitrogens with one attached hydrogen (secondary N) is 2. The number of halogens is 4. The van der Waals surface area contributed by atoms with E-state index in [2.05, 4.69) is 61.2 Å². The molecular formula is C18H14Br2Cl2N6O6S4. The summed E-state index contributed by atoms with van der Waals surface area (Å²) in [4.78, 5) is 15.3. The van der Waals surface area contributed by atoms with Crippen LogP contribution in [0.5, 0.6) is 11.8 Å². The van der Waals surface area contributed by atoms with Crippen LogP contribution in [0, 0.1) is 0 Å². The Balaban J connectivity index is 0.000000211. The number of nitrogens with zero attached hydrogens (tertiary/aromatic N) is 4. The molecule has 20 heteroatoms. The van der Waals surface area contributed by atoms with Gasteiger partial charge >= 0.3 is 0 Å². The fourth-order valence-corrected chi connectivity index (χ4v) is 8.66. The molecule has 0 fully saturated rings. The Morgan fingerprint density at radius 3 is 1.68 bits per heavy atom. The third-order valence-corrected chi connectivity index (χ3v) is 11.2. The first-order valence-electron chi connectivity index (χ1n) is 9.54. The second kappa shape index (κ2) is 13.0.